The van der Waals surface area contributed by atoms with Crippen LogP contribution < -0.4 is 5.73 Å². The second-order valence-corrected chi connectivity index (χ2v) is 6.11. The zero-order chi connectivity index (χ0) is 14.7. The number of carbonyl (C=O) groups excluding carboxylic acids is 1. The van der Waals surface area contributed by atoms with Gasteiger partial charge in [-0.1, -0.05) is 28.1 Å². The number of likely N-dealkylation sites (tertiary alicyclic amines) is 1. The zero-order valence-corrected chi connectivity index (χ0v) is 13.5. The molecule has 0 bridgehead atoms. The summed E-state index contributed by atoms with van der Waals surface area (Å²) in [5.74, 6) is 0.154. The van der Waals surface area contributed by atoms with Crippen LogP contribution in [0.1, 0.15) is 30.0 Å². The van der Waals surface area contributed by atoms with Crippen molar-refractivity contribution >= 4 is 21.8 Å². The Balaban J connectivity index is 2.34. The number of aryl methyl sites for hydroxylation is 1. The Morgan fingerprint density at radius 1 is 1.50 bits per heavy atom. The van der Waals surface area contributed by atoms with Gasteiger partial charge < -0.3 is 15.4 Å². The topological polar surface area (TPSA) is 55.6 Å². The van der Waals surface area contributed by atoms with Gasteiger partial charge in [-0.25, -0.2) is 0 Å². The second kappa shape index (κ2) is 6.70. The molecule has 2 atom stereocenters. The molecule has 1 saturated heterocycles. The predicted octanol–water partition coefficient (Wildman–Crippen LogP) is 2.39. The van der Waals surface area contributed by atoms with Gasteiger partial charge >= 0.3 is 0 Å². The maximum atomic E-state index is 12.2. The van der Waals surface area contributed by atoms with Crippen molar-refractivity contribution in [3.05, 3.63) is 33.8 Å². The molecule has 0 aliphatic carbocycles. The van der Waals surface area contributed by atoms with Gasteiger partial charge in [-0.3, -0.25) is 4.79 Å². The Morgan fingerprint density at radius 3 is 2.90 bits per heavy atom. The summed E-state index contributed by atoms with van der Waals surface area (Å²) in [5, 5.41) is 0. The van der Waals surface area contributed by atoms with Gasteiger partial charge in [-0.05, 0) is 30.5 Å². The number of hydrogen-bond donors (Lipinski definition) is 1. The monoisotopic (exact) mass is 340 g/mol. The summed E-state index contributed by atoms with van der Waals surface area (Å²) >= 11 is 3.60. The van der Waals surface area contributed by atoms with E-state index in [4.69, 9.17) is 10.5 Å². The highest BCUT2D eigenvalue weighted by Crippen LogP contribution is 2.35. The zero-order valence-electron chi connectivity index (χ0n) is 11.9. The van der Waals surface area contributed by atoms with Gasteiger partial charge in [0.25, 0.3) is 0 Å². The lowest BCUT2D eigenvalue weighted by Crippen LogP contribution is -2.50. The number of carbonyl (C=O) groups is 1. The molecule has 0 aromatic heterocycles. The van der Waals surface area contributed by atoms with Crippen LogP contribution in [-0.2, 0) is 9.53 Å². The maximum Gasteiger partial charge on any atom is 0.223 e. The van der Waals surface area contributed by atoms with Crippen molar-refractivity contribution in [1.29, 1.82) is 0 Å². The summed E-state index contributed by atoms with van der Waals surface area (Å²) in [6, 6.07) is 6.06. The molecule has 1 aromatic rings. The van der Waals surface area contributed by atoms with Crippen LogP contribution >= 0.6 is 15.9 Å². The van der Waals surface area contributed by atoms with Crippen LogP contribution in [0.3, 0.4) is 0 Å². The number of amides is 1. The van der Waals surface area contributed by atoms with Gasteiger partial charge in [0, 0.05) is 30.6 Å². The minimum Gasteiger partial charge on any atom is -0.383 e. The molecule has 5 heteroatoms. The van der Waals surface area contributed by atoms with Crippen molar-refractivity contribution in [1.82, 2.24) is 4.90 Å². The highest BCUT2D eigenvalue weighted by atomic mass is 79.9. The molecule has 0 radical (unpaired) electrons. The van der Waals surface area contributed by atoms with Crippen LogP contribution in [0.4, 0.5) is 0 Å². The summed E-state index contributed by atoms with van der Waals surface area (Å²) in [4.78, 5) is 14.1. The van der Waals surface area contributed by atoms with Crippen molar-refractivity contribution in [3.63, 3.8) is 0 Å². The Morgan fingerprint density at radius 2 is 2.25 bits per heavy atom. The second-order valence-electron chi connectivity index (χ2n) is 5.25. The third kappa shape index (κ3) is 3.22. The summed E-state index contributed by atoms with van der Waals surface area (Å²) in [6.07, 6.45) is 1.25. The number of nitrogens with two attached hydrogens (primary N) is 1. The van der Waals surface area contributed by atoms with E-state index >= 15 is 0 Å². The Labute approximate surface area is 128 Å². The van der Waals surface area contributed by atoms with Gasteiger partial charge in [0.15, 0.2) is 0 Å². The molecular weight excluding hydrogens is 320 g/mol. The molecule has 1 aromatic carbocycles. The first-order valence-electron chi connectivity index (χ1n) is 6.84. The number of halogens is 1. The third-order valence-corrected chi connectivity index (χ3v) is 4.45. The molecular formula is C15H21BrN2O2. The van der Waals surface area contributed by atoms with Crippen LogP contribution in [0.15, 0.2) is 22.7 Å². The number of methoxy groups -OCH3 is 1. The van der Waals surface area contributed by atoms with Gasteiger partial charge in [0.05, 0.1) is 12.6 Å². The summed E-state index contributed by atoms with van der Waals surface area (Å²) < 4.78 is 6.12. The van der Waals surface area contributed by atoms with Gasteiger partial charge in [0.1, 0.15) is 0 Å². The van der Waals surface area contributed by atoms with Crippen LogP contribution in [0, 0.1) is 6.92 Å². The fraction of sp³-hybridized carbons (Fsp3) is 0.533. The number of hydrogen-bond acceptors (Lipinski definition) is 3. The van der Waals surface area contributed by atoms with E-state index in [1.165, 1.54) is 5.56 Å². The first-order valence-corrected chi connectivity index (χ1v) is 7.64. The highest BCUT2D eigenvalue weighted by molar-refractivity contribution is 9.10. The predicted molar refractivity (Wildman–Crippen MR) is 82.4 cm³/mol. The highest BCUT2D eigenvalue weighted by Gasteiger charge is 2.35. The molecule has 2 N–H and O–H groups in total. The molecule has 20 heavy (non-hydrogen) atoms. The lowest BCUT2D eigenvalue weighted by molar-refractivity contribution is -0.138. The van der Waals surface area contributed by atoms with E-state index in [-0.39, 0.29) is 18.0 Å². The van der Waals surface area contributed by atoms with E-state index in [1.807, 2.05) is 11.8 Å². The van der Waals surface area contributed by atoms with E-state index in [1.54, 1.807) is 7.11 Å². The molecule has 4 nitrogen and oxygen atoms in total. The summed E-state index contributed by atoms with van der Waals surface area (Å²) in [6.45, 7) is 3.15. The van der Waals surface area contributed by atoms with Crippen molar-refractivity contribution < 1.29 is 9.53 Å². The van der Waals surface area contributed by atoms with Crippen molar-refractivity contribution in [2.45, 2.75) is 31.8 Å². The summed E-state index contributed by atoms with van der Waals surface area (Å²) in [5.41, 5.74) is 8.54. The SMILES string of the molecule is COCCN1C(=O)CCC(N)C1c1ccc(C)cc1Br. The average molecular weight is 341 g/mol. The van der Waals surface area contributed by atoms with E-state index in [0.717, 1.165) is 16.5 Å². The molecule has 1 amide bonds. The van der Waals surface area contributed by atoms with E-state index in [2.05, 4.69) is 34.1 Å². The van der Waals surface area contributed by atoms with Gasteiger partial charge in [-0.15, -0.1) is 0 Å². The molecule has 1 aliphatic rings. The minimum atomic E-state index is -0.0821. The third-order valence-electron chi connectivity index (χ3n) is 3.76. The Bertz CT molecular complexity index is 493. The van der Waals surface area contributed by atoms with E-state index in [0.29, 0.717) is 19.6 Å². The number of rotatable bonds is 4. The largest absolute Gasteiger partial charge is 0.383 e. The smallest absolute Gasteiger partial charge is 0.223 e. The standard InChI is InChI=1S/C15H21BrN2O2/c1-10-3-4-11(12(16)9-10)15-13(17)5-6-14(19)18(15)7-8-20-2/h3-4,9,13,15H,5-8,17H2,1-2H3. The lowest BCUT2D eigenvalue weighted by Gasteiger charge is -2.40. The van der Waals surface area contributed by atoms with E-state index in [9.17, 15) is 4.79 Å². The maximum absolute atomic E-state index is 12.2. The molecule has 2 unspecified atom stereocenters. The fourth-order valence-corrected chi connectivity index (χ4v) is 3.43. The number of ether oxygens (including phenoxy) is 1. The molecule has 0 saturated carbocycles. The summed E-state index contributed by atoms with van der Waals surface area (Å²) in [7, 11) is 1.64. The Kier molecular flexibility index (Phi) is 5.18. The van der Waals surface area contributed by atoms with Crippen molar-refractivity contribution in [2.24, 2.45) is 5.73 Å². The first kappa shape index (κ1) is 15.5. The van der Waals surface area contributed by atoms with Crippen LogP contribution in [0.2, 0.25) is 0 Å². The van der Waals surface area contributed by atoms with E-state index < -0.39 is 0 Å². The van der Waals surface area contributed by atoms with Gasteiger partial charge in [-0.2, -0.15) is 0 Å². The molecule has 0 spiro atoms. The van der Waals surface area contributed by atoms with Crippen LogP contribution in [0.25, 0.3) is 0 Å². The molecule has 1 fully saturated rings. The number of piperidine rings is 1. The lowest BCUT2D eigenvalue weighted by atomic mass is 9.90. The van der Waals surface area contributed by atoms with Crippen LogP contribution in [-0.4, -0.2) is 37.1 Å². The van der Waals surface area contributed by atoms with Gasteiger partial charge in [0.2, 0.25) is 5.91 Å². The fourth-order valence-electron chi connectivity index (χ4n) is 2.70. The Hall–Kier alpha value is -0.910. The number of nitrogens with zero attached hydrogens (tertiary/aromatic N) is 1. The molecule has 110 valence electrons. The minimum absolute atomic E-state index is 0.0384. The normalized spacial score (nSPS) is 23.2. The molecule has 1 aliphatic heterocycles. The van der Waals surface area contributed by atoms with Crippen molar-refractivity contribution in [2.75, 3.05) is 20.3 Å². The molecule has 2 rings (SSSR count). The van der Waals surface area contributed by atoms with Crippen molar-refractivity contribution in [3.8, 4) is 0 Å². The molecule has 1 heterocycles. The first-order chi connectivity index (χ1) is 9.54. The van der Waals surface area contributed by atoms with Crippen LogP contribution in [0.5, 0.6) is 0 Å². The average Bonchev–Trinajstić information content (AvgIpc) is 2.41. The number of benzene rings is 1. The quantitative estimate of drug-likeness (QED) is 0.915.